The molecule has 23 heavy (non-hydrogen) atoms. The van der Waals surface area contributed by atoms with Gasteiger partial charge in [0.15, 0.2) is 0 Å². The van der Waals surface area contributed by atoms with E-state index in [-0.39, 0.29) is 5.56 Å². The van der Waals surface area contributed by atoms with Crippen LogP contribution in [0.5, 0.6) is 0 Å². The van der Waals surface area contributed by atoms with Crippen molar-refractivity contribution in [1.29, 1.82) is 0 Å². The average molecular weight is 307 g/mol. The third-order valence-corrected chi connectivity index (χ3v) is 4.11. The standard InChI is InChI=1S/C19H21N3O/c1-3-21(13-16-9-5-4-8-15(16)2)14-17-12-19(23)22-11-7-6-10-18(22)20-17/h4-12H,3,13-14H2,1-2H3. The topological polar surface area (TPSA) is 37.6 Å². The second-order valence-electron chi connectivity index (χ2n) is 5.74. The Labute approximate surface area is 136 Å². The molecule has 2 aromatic heterocycles. The van der Waals surface area contributed by atoms with Crippen LogP contribution in [0.3, 0.4) is 0 Å². The lowest BCUT2D eigenvalue weighted by Gasteiger charge is -2.21. The summed E-state index contributed by atoms with van der Waals surface area (Å²) < 4.78 is 1.57. The summed E-state index contributed by atoms with van der Waals surface area (Å²) in [6.45, 7) is 6.70. The molecular formula is C19H21N3O. The van der Waals surface area contributed by atoms with Gasteiger partial charge in [-0.15, -0.1) is 0 Å². The minimum atomic E-state index is -0.0301. The molecule has 0 aliphatic carbocycles. The third kappa shape index (κ3) is 3.48. The van der Waals surface area contributed by atoms with E-state index in [1.54, 1.807) is 16.7 Å². The number of benzene rings is 1. The summed E-state index contributed by atoms with van der Waals surface area (Å²) in [5, 5.41) is 0. The summed E-state index contributed by atoms with van der Waals surface area (Å²) in [5.74, 6) is 0. The number of aryl methyl sites for hydroxylation is 1. The van der Waals surface area contributed by atoms with Crippen LogP contribution in [0.25, 0.3) is 5.65 Å². The molecule has 3 aromatic rings. The number of fused-ring (bicyclic) bond motifs is 1. The van der Waals surface area contributed by atoms with Crippen LogP contribution in [0.4, 0.5) is 0 Å². The number of pyridine rings is 1. The maximum absolute atomic E-state index is 12.2. The molecule has 0 radical (unpaired) electrons. The van der Waals surface area contributed by atoms with E-state index in [1.807, 2.05) is 18.2 Å². The van der Waals surface area contributed by atoms with Gasteiger partial charge in [-0.2, -0.15) is 0 Å². The lowest BCUT2D eigenvalue weighted by molar-refractivity contribution is 0.267. The Morgan fingerprint density at radius 2 is 1.87 bits per heavy atom. The van der Waals surface area contributed by atoms with E-state index in [1.165, 1.54) is 11.1 Å². The Hall–Kier alpha value is -2.46. The van der Waals surface area contributed by atoms with Crippen LogP contribution in [0.2, 0.25) is 0 Å². The van der Waals surface area contributed by atoms with Crippen molar-refractivity contribution in [2.75, 3.05) is 6.54 Å². The summed E-state index contributed by atoms with van der Waals surface area (Å²) in [6, 6.07) is 15.6. The van der Waals surface area contributed by atoms with E-state index in [4.69, 9.17) is 0 Å². The summed E-state index contributed by atoms with van der Waals surface area (Å²) in [6.07, 6.45) is 1.75. The van der Waals surface area contributed by atoms with E-state index in [0.29, 0.717) is 12.2 Å². The van der Waals surface area contributed by atoms with Gasteiger partial charge in [0.2, 0.25) is 0 Å². The molecule has 0 amide bonds. The van der Waals surface area contributed by atoms with Gasteiger partial charge >= 0.3 is 0 Å². The summed E-state index contributed by atoms with van der Waals surface area (Å²) in [7, 11) is 0. The van der Waals surface area contributed by atoms with Crippen LogP contribution in [0, 0.1) is 6.92 Å². The smallest absolute Gasteiger partial charge is 0.258 e. The van der Waals surface area contributed by atoms with Crippen LogP contribution in [-0.2, 0) is 13.1 Å². The van der Waals surface area contributed by atoms with E-state index in [9.17, 15) is 4.79 Å². The Morgan fingerprint density at radius 3 is 2.65 bits per heavy atom. The normalized spacial score (nSPS) is 11.3. The van der Waals surface area contributed by atoms with Crippen LogP contribution < -0.4 is 5.56 Å². The monoisotopic (exact) mass is 307 g/mol. The molecule has 0 N–H and O–H groups in total. The summed E-state index contributed by atoms with van der Waals surface area (Å²) >= 11 is 0. The molecular weight excluding hydrogens is 286 g/mol. The number of rotatable bonds is 5. The van der Waals surface area contributed by atoms with E-state index in [0.717, 1.165) is 18.8 Å². The highest BCUT2D eigenvalue weighted by Crippen LogP contribution is 2.12. The van der Waals surface area contributed by atoms with Gasteiger partial charge in [-0.3, -0.25) is 14.1 Å². The molecule has 0 aliphatic heterocycles. The highest BCUT2D eigenvalue weighted by molar-refractivity contribution is 5.38. The van der Waals surface area contributed by atoms with Crippen molar-refractivity contribution in [3.63, 3.8) is 0 Å². The van der Waals surface area contributed by atoms with Crippen molar-refractivity contribution >= 4 is 5.65 Å². The number of nitrogens with zero attached hydrogens (tertiary/aromatic N) is 3. The van der Waals surface area contributed by atoms with Crippen molar-refractivity contribution in [2.24, 2.45) is 0 Å². The van der Waals surface area contributed by atoms with Gasteiger partial charge in [0.25, 0.3) is 5.56 Å². The molecule has 0 fully saturated rings. The largest absolute Gasteiger partial charge is 0.294 e. The number of hydrogen-bond donors (Lipinski definition) is 0. The van der Waals surface area contributed by atoms with Gasteiger partial charge in [0.1, 0.15) is 5.65 Å². The summed E-state index contributed by atoms with van der Waals surface area (Å²) in [4.78, 5) is 19.1. The minimum absolute atomic E-state index is 0.0301. The molecule has 1 aromatic carbocycles. The van der Waals surface area contributed by atoms with Crippen molar-refractivity contribution in [3.8, 4) is 0 Å². The molecule has 0 bridgehead atoms. The number of hydrogen-bond acceptors (Lipinski definition) is 3. The Kier molecular flexibility index (Phi) is 4.53. The van der Waals surface area contributed by atoms with Gasteiger partial charge in [-0.05, 0) is 36.7 Å². The first-order valence-corrected chi connectivity index (χ1v) is 7.91. The van der Waals surface area contributed by atoms with Crippen molar-refractivity contribution in [2.45, 2.75) is 26.9 Å². The maximum Gasteiger partial charge on any atom is 0.258 e. The first kappa shape index (κ1) is 15.4. The molecule has 0 saturated heterocycles. The minimum Gasteiger partial charge on any atom is -0.294 e. The third-order valence-electron chi connectivity index (χ3n) is 4.11. The molecule has 0 aliphatic rings. The van der Waals surface area contributed by atoms with Crippen LogP contribution in [0.1, 0.15) is 23.7 Å². The van der Waals surface area contributed by atoms with Gasteiger partial charge in [0, 0.05) is 25.4 Å². The average Bonchev–Trinajstić information content (AvgIpc) is 2.56. The summed E-state index contributed by atoms with van der Waals surface area (Å²) in [5.41, 5.74) is 4.08. The molecule has 4 heteroatoms. The number of aromatic nitrogens is 2. The lowest BCUT2D eigenvalue weighted by Crippen LogP contribution is -2.25. The Bertz CT molecular complexity index is 870. The SMILES string of the molecule is CCN(Cc1cc(=O)n2ccccc2n1)Cc1ccccc1C. The maximum atomic E-state index is 12.2. The second-order valence-corrected chi connectivity index (χ2v) is 5.74. The van der Waals surface area contributed by atoms with Crippen LogP contribution in [-0.4, -0.2) is 20.8 Å². The first-order valence-electron chi connectivity index (χ1n) is 7.91. The molecule has 0 saturated carbocycles. The Morgan fingerprint density at radius 1 is 1.09 bits per heavy atom. The molecule has 2 heterocycles. The molecule has 0 atom stereocenters. The van der Waals surface area contributed by atoms with Crippen molar-refractivity contribution in [1.82, 2.24) is 14.3 Å². The molecule has 4 nitrogen and oxygen atoms in total. The van der Waals surface area contributed by atoms with Gasteiger partial charge in [-0.1, -0.05) is 37.3 Å². The zero-order valence-corrected chi connectivity index (χ0v) is 13.6. The molecule has 118 valence electrons. The van der Waals surface area contributed by atoms with Crippen LogP contribution in [0.15, 0.2) is 59.5 Å². The zero-order chi connectivity index (χ0) is 16.2. The van der Waals surface area contributed by atoms with Crippen LogP contribution >= 0.6 is 0 Å². The van der Waals surface area contributed by atoms with Gasteiger partial charge in [-0.25, -0.2) is 4.98 Å². The van der Waals surface area contributed by atoms with Crippen molar-refractivity contribution < 1.29 is 0 Å². The fraction of sp³-hybridized carbons (Fsp3) is 0.263. The quantitative estimate of drug-likeness (QED) is 0.727. The Balaban J connectivity index is 1.84. The highest BCUT2D eigenvalue weighted by atomic mass is 16.1. The molecule has 3 rings (SSSR count). The van der Waals surface area contributed by atoms with Crippen molar-refractivity contribution in [3.05, 3.63) is 81.9 Å². The lowest BCUT2D eigenvalue weighted by atomic mass is 10.1. The predicted octanol–water partition coefficient (Wildman–Crippen LogP) is 3.03. The zero-order valence-electron chi connectivity index (χ0n) is 13.6. The fourth-order valence-corrected chi connectivity index (χ4v) is 2.72. The van der Waals surface area contributed by atoms with Gasteiger partial charge in [0.05, 0.1) is 5.69 Å². The first-order chi connectivity index (χ1) is 11.2. The molecule has 0 unspecified atom stereocenters. The highest BCUT2D eigenvalue weighted by Gasteiger charge is 2.09. The predicted molar refractivity (Wildman–Crippen MR) is 92.4 cm³/mol. The van der Waals surface area contributed by atoms with Gasteiger partial charge < -0.3 is 0 Å². The second kappa shape index (κ2) is 6.75. The molecule has 0 spiro atoms. The van der Waals surface area contributed by atoms with E-state index < -0.39 is 0 Å². The van der Waals surface area contributed by atoms with E-state index in [2.05, 4.69) is 48.0 Å². The van der Waals surface area contributed by atoms with E-state index >= 15 is 0 Å². The fourth-order valence-electron chi connectivity index (χ4n) is 2.72.